The number of unbranched alkanes of at least 4 members (excludes halogenated alkanes) is 30. The van der Waals surface area contributed by atoms with Crippen LogP contribution in [0.2, 0.25) is 0 Å². The summed E-state index contributed by atoms with van der Waals surface area (Å²) in [6, 6.07) is 0. The molecule has 0 N–H and O–H groups in total. The van der Waals surface area contributed by atoms with E-state index in [0.717, 1.165) is 64.2 Å². The van der Waals surface area contributed by atoms with E-state index in [1.54, 1.807) is 0 Å². The molecule has 0 aliphatic heterocycles. The molecule has 0 amide bonds. The minimum Gasteiger partial charge on any atom is -0.462 e. The van der Waals surface area contributed by atoms with Gasteiger partial charge in [0.25, 0.3) is 0 Å². The number of allylic oxidation sites excluding steroid dienone is 10. The Labute approximate surface area is 409 Å². The number of hydrogen-bond acceptors (Lipinski definition) is 6. The smallest absolute Gasteiger partial charge is 0.306 e. The molecular formula is C60H106O6. The highest BCUT2D eigenvalue weighted by atomic mass is 16.6. The summed E-state index contributed by atoms with van der Waals surface area (Å²) in [5.41, 5.74) is 0. The molecule has 6 nitrogen and oxygen atoms in total. The summed E-state index contributed by atoms with van der Waals surface area (Å²) in [4.78, 5) is 37.8. The molecule has 0 aliphatic carbocycles. The second kappa shape index (κ2) is 54.7. The minimum atomic E-state index is -0.807. The molecule has 0 radical (unpaired) electrons. The molecular weight excluding hydrogens is 817 g/mol. The van der Waals surface area contributed by atoms with Crippen molar-refractivity contribution in [3.63, 3.8) is 0 Å². The molecule has 0 rings (SSSR count). The molecule has 0 aliphatic rings. The van der Waals surface area contributed by atoms with E-state index in [0.29, 0.717) is 19.3 Å². The lowest BCUT2D eigenvalue weighted by atomic mass is 10.0. The van der Waals surface area contributed by atoms with Crippen LogP contribution in [0.1, 0.15) is 284 Å². The van der Waals surface area contributed by atoms with Gasteiger partial charge in [-0.25, -0.2) is 0 Å². The van der Waals surface area contributed by atoms with Gasteiger partial charge in [-0.2, -0.15) is 0 Å². The second-order valence-corrected chi connectivity index (χ2v) is 18.8. The lowest BCUT2D eigenvalue weighted by Gasteiger charge is -2.18. The van der Waals surface area contributed by atoms with Crippen LogP contribution in [0.15, 0.2) is 60.8 Å². The Morgan fingerprint density at radius 1 is 0.318 bits per heavy atom. The molecule has 382 valence electrons. The molecule has 0 spiro atoms. The van der Waals surface area contributed by atoms with E-state index in [9.17, 15) is 14.4 Å². The minimum absolute atomic E-state index is 0.100. The first kappa shape index (κ1) is 63.1. The van der Waals surface area contributed by atoms with Crippen LogP contribution in [-0.4, -0.2) is 37.2 Å². The number of carbonyl (C=O) groups excluding carboxylic acids is 3. The predicted molar refractivity (Wildman–Crippen MR) is 284 cm³/mol. The third-order valence-corrected chi connectivity index (χ3v) is 12.3. The quantitative estimate of drug-likeness (QED) is 0.0262. The van der Waals surface area contributed by atoms with E-state index < -0.39 is 6.10 Å². The molecule has 0 saturated carbocycles. The van der Waals surface area contributed by atoms with Gasteiger partial charge in [-0.15, -0.1) is 0 Å². The summed E-state index contributed by atoms with van der Waals surface area (Å²) >= 11 is 0. The predicted octanol–water partition coefficient (Wildman–Crippen LogP) is 18.8. The average Bonchev–Trinajstić information content (AvgIpc) is 3.31. The van der Waals surface area contributed by atoms with Gasteiger partial charge in [0.2, 0.25) is 0 Å². The molecule has 0 aromatic carbocycles. The van der Waals surface area contributed by atoms with Crippen molar-refractivity contribution < 1.29 is 28.6 Å². The van der Waals surface area contributed by atoms with Crippen LogP contribution < -0.4 is 0 Å². The van der Waals surface area contributed by atoms with Gasteiger partial charge in [0.05, 0.1) is 0 Å². The zero-order chi connectivity index (χ0) is 47.9. The van der Waals surface area contributed by atoms with Gasteiger partial charge in [-0.05, 0) is 70.6 Å². The first-order chi connectivity index (χ1) is 32.5. The fraction of sp³-hybridized carbons (Fsp3) is 0.783. The van der Waals surface area contributed by atoms with Gasteiger partial charge in [0, 0.05) is 19.3 Å². The molecule has 1 atom stereocenters. The zero-order valence-electron chi connectivity index (χ0n) is 43.7. The van der Waals surface area contributed by atoms with Gasteiger partial charge in [-0.1, -0.05) is 255 Å². The molecule has 0 bridgehead atoms. The Bertz CT molecular complexity index is 1200. The first-order valence-electron chi connectivity index (χ1n) is 28.3. The van der Waals surface area contributed by atoms with Gasteiger partial charge >= 0.3 is 17.9 Å². The highest BCUT2D eigenvalue weighted by Gasteiger charge is 2.19. The van der Waals surface area contributed by atoms with Gasteiger partial charge in [0.15, 0.2) is 6.10 Å². The Morgan fingerprint density at radius 3 is 0.985 bits per heavy atom. The molecule has 66 heavy (non-hydrogen) atoms. The fourth-order valence-electron chi connectivity index (χ4n) is 8.04. The fourth-order valence-corrected chi connectivity index (χ4v) is 8.04. The monoisotopic (exact) mass is 923 g/mol. The summed E-state index contributed by atoms with van der Waals surface area (Å²) < 4.78 is 16.7. The normalized spacial score (nSPS) is 12.5. The van der Waals surface area contributed by atoms with Gasteiger partial charge in [0.1, 0.15) is 13.2 Å². The van der Waals surface area contributed by atoms with E-state index in [1.807, 2.05) is 12.2 Å². The lowest BCUT2D eigenvalue weighted by Crippen LogP contribution is -2.30. The molecule has 0 aromatic rings. The molecule has 1 unspecified atom stereocenters. The number of ether oxygens (including phenoxy) is 3. The highest BCUT2D eigenvalue weighted by molar-refractivity contribution is 5.71. The Hall–Kier alpha value is -2.89. The van der Waals surface area contributed by atoms with Crippen molar-refractivity contribution >= 4 is 17.9 Å². The van der Waals surface area contributed by atoms with Gasteiger partial charge < -0.3 is 14.2 Å². The Balaban J connectivity index is 4.13. The van der Waals surface area contributed by atoms with E-state index in [2.05, 4.69) is 69.4 Å². The SMILES string of the molecule is CC/C=C\C/C=C\C/C=C\C/C=C\CCC(=O)OC(COC(=O)CCCCCCCCCC)COC(=O)CCCCCCCCCCCCCCCCC/C=C\CCCCCCCCCC. The number of rotatable bonds is 51. The van der Waals surface area contributed by atoms with Gasteiger partial charge in [-0.3, -0.25) is 14.4 Å². The third kappa shape index (κ3) is 52.1. The van der Waals surface area contributed by atoms with Crippen LogP contribution in [0.25, 0.3) is 0 Å². The summed E-state index contributed by atoms with van der Waals surface area (Å²) in [7, 11) is 0. The van der Waals surface area contributed by atoms with Crippen LogP contribution in [-0.2, 0) is 28.6 Å². The molecule has 0 fully saturated rings. The summed E-state index contributed by atoms with van der Waals surface area (Å²) in [6.45, 7) is 6.45. The topological polar surface area (TPSA) is 78.9 Å². The standard InChI is InChI=1S/C60H106O6/c1-4-7-10-13-16-19-21-23-24-25-26-27-28-29-30-31-32-33-34-35-36-38-39-41-44-47-50-53-59(62)65-56-57(55-64-58(61)52-49-46-43-18-15-12-9-6-3)66-60(63)54-51-48-45-42-40-37-22-20-17-14-11-8-5-2/h8,11,17,20,25-26,37,40,45,48,57H,4-7,9-10,12-16,18-19,21-24,27-36,38-39,41-44,46-47,49-56H2,1-3H3/b11-8-,20-17-,26-25-,40-37-,48-45-. The number of carbonyl (C=O) groups is 3. The van der Waals surface area contributed by atoms with E-state index >= 15 is 0 Å². The maximum atomic E-state index is 12.7. The van der Waals surface area contributed by atoms with Crippen molar-refractivity contribution in [1.29, 1.82) is 0 Å². The highest BCUT2D eigenvalue weighted by Crippen LogP contribution is 2.16. The summed E-state index contributed by atoms with van der Waals surface area (Å²) in [6.07, 6.45) is 68.3. The number of esters is 3. The van der Waals surface area contributed by atoms with Crippen LogP contribution in [0.3, 0.4) is 0 Å². The van der Waals surface area contributed by atoms with Crippen molar-refractivity contribution in [3.05, 3.63) is 60.8 Å². The van der Waals surface area contributed by atoms with E-state index in [1.165, 1.54) is 173 Å². The average molecular weight is 924 g/mol. The first-order valence-corrected chi connectivity index (χ1v) is 28.3. The van der Waals surface area contributed by atoms with Crippen molar-refractivity contribution in [2.24, 2.45) is 0 Å². The molecule has 0 saturated heterocycles. The van der Waals surface area contributed by atoms with Crippen molar-refractivity contribution in [2.75, 3.05) is 13.2 Å². The lowest BCUT2D eigenvalue weighted by molar-refractivity contribution is -0.166. The van der Waals surface area contributed by atoms with Crippen LogP contribution >= 0.6 is 0 Å². The molecule has 0 heterocycles. The van der Waals surface area contributed by atoms with Crippen molar-refractivity contribution in [2.45, 2.75) is 290 Å². The zero-order valence-corrected chi connectivity index (χ0v) is 43.7. The van der Waals surface area contributed by atoms with E-state index in [4.69, 9.17) is 14.2 Å². The number of hydrogen-bond donors (Lipinski definition) is 0. The molecule has 6 heteroatoms. The maximum Gasteiger partial charge on any atom is 0.306 e. The summed E-state index contributed by atoms with van der Waals surface area (Å²) in [5, 5.41) is 0. The maximum absolute atomic E-state index is 12.7. The Morgan fingerprint density at radius 2 is 0.621 bits per heavy atom. The molecule has 0 aromatic heterocycles. The van der Waals surface area contributed by atoms with Crippen LogP contribution in [0.4, 0.5) is 0 Å². The van der Waals surface area contributed by atoms with Crippen LogP contribution in [0.5, 0.6) is 0 Å². The second-order valence-electron chi connectivity index (χ2n) is 18.8. The van der Waals surface area contributed by atoms with Crippen LogP contribution in [0, 0.1) is 0 Å². The van der Waals surface area contributed by atoms with Crippen molar-refractivity contribution in [1.82, 2.24) is 0 Å². The van der Waals surface area contributed by atoms with E-state index in [-0.39, 0.29) is 37.5 Å². The third-order valence-electron chi connectivity index (χ3n) is 12.3. The summed E-state index contributed by atoms with van der Waals surface area (Å²) in [5.74, 6) is -0.980. The Kier molecular flexibility index (Phi) is 52.3. The largest absolute Gasteiger partial charge is 0.462 e. The van der Waals surface area contributed by atoms with Crippen molar-refractivity contribution in [3.8, 4) is 0 Å².